The summed E-state index contributed by atoms with van der Waals surface area (Å²) in [6.45, 7) is 17.8. The number of hydrogen-bond donors (Lipinski definition) is 4. The summed E-state index contributed by atoms with van der Waals surface area (Å²) in [4.78, 5) is 31.7. The van der Waals surface area contributed by atoms with E-state index in [0.717, 1.165) is 69.8 Å². The van der Waals surface area contributed by atoms with Crippen LogP contribution in [0.3, 0.4) is 0 Å². The summed E-state index contributed by atoms with van der Waals surface area (Å²) >= 11 is 0. The molecule has 0 aromatic rings. The number of fused-ring (bicyclic) bond motifs is 7. The first-order chi connectivity index (χ1) is 22.4. The highest BCUT2D eigenvalue weighted by Crippen LogP contribution is 2.77. The van der Waals surface area contributed by atoms with Gasteiger partial charge in [0.05, 0.1) is 19.1 Å². The average Bonchev–Trinajstić information content (AvgIpc) is 3.56. The van der Waals surface area contributed by atoms with E-state index in [9.17, 15) is 30.0 Å². The van der Waals surface area contributed by atoms with Crippen molar-refractivity contribution in [2.24, 2.45) is 56.7 Å². The second-order valence-corrected chi connectivity index (χ2v) is 18.0. The quantitative estimate of drug-likeness (QED) is 0.159. The lowest BCUT2D eigenvalue weighted by atomic mass is 9.32. The second-order valence-electron chi connectivity index (χ2n) is 18.0. The van der Waals surface area contributed by atoms with Crippen molar-refractivity contribution in [3.8, 4) is 0 Å². The number of rotatable bonds is 8. The van der Waals surface area contributed by atoms with E-state index in [-0.39, 0.29) is 46.1 Å². The van der Waals surface area contributed by atoms with E-state index < -0.39 is 48.5 Å². The summed E-state index contributed by atoms with van der Waals surface area (Å²) in [5.74, 6) is 0.574. The third kappa shape index (κ3) is 5.01. The Morgan fingerprint density at radius 3 is 2.21 bits per heavy atom. The van der Waals surface area contributed by atoms with Gasteiger partial charge in [0.2, 0.25) is 0 Å². The lowest BCUT2D eigenvalue weighted by molar-refractivity contribution is -0.260. The number of hydrogen-bond acceptors (Lipinski definition) is 9. The molecular formula is C38H61NO9. The number of esters is 1. The van der Waals surface area contributed by atoms with E-state index in [2.05, 4.69) is 48.1 Å². The van der Waals surface area contributed by atoms with Gasteiger partial charge in [0.1, 0.15) is 31.0 Å². The Hall–Kier alpha value is -1.56. The fraction of sp³-hybridized carbons (Fsp3) is 0.895. The molecule has 0 spiro atoms. The number of hydroxylamine groups is 2. The highest BCUT2D eigenvalue weighted by Gasteiger charge is 2.72. The maximum absolute atomic E-state index is 13.4. The van der Waals surface area contributed by atoms with E-state index in [1.165, 1.54) is 12.2 Å². The average molecular weight is 676 g/mol. The number of aliphatic carboxylic acids is 1. The number of allylic oxidation sites excluding steroid dienone is 1. The monoisotopic (exact) mass is 675 g/mol. The second kappa shape index (κ2) is 12.3. The zero-order valence-corrected chi connectivity index (χ0v) is 30.2. The van der Waals surface area contributed by atoms with Crippen molar-refractivity contribution in [1.82, 2.24) is 5.06 Å². The molecule has 1 unspecified atom stereocenters. The number of carboxylic acids is 1. The fourth-order valence-electron chi connectivity index (χ4n) is 13.4. The molecule has 10 nitrogen and oxygen atoms in total. The van der Waals surface area contributed by atoms with Crippen molar-refractivity contribution in [1.29, 1.82) is 0 Å². The van der Waals surface area contributed by atoms with E-state index in [1.54, 1.807) is 0 Å². The van der Waals surface area contributed by atoms with Gasteiger partial charge < -0.3 is 29.9 Å². The van der Waals surface area contributed by atoms with Crippen molar-refractivity contribution in [3.63, 3.8) is 0 Å². The number of aliphatic hydroxyl groups excluding tert-OH is 3. The van der Waals surface area contributed by atoms with Gasteiger partial charge in [0.15, 0.2) is 6.23 Å². The van der Waals surface area contributed by atoms with Crippen LogP contribution in [0.2, 0.25) is 0 Å². The molecule has 5 aliphatic carbocycles. The summed E-state index contributed by atoms with van der Waals surface area (Å²) in [6, 6.07) is 0. The number of ether oxygens (including phenoxy) is 2. The Labute approximate surface area is 286 Å². The number of aliphatic hydroxyl groups is 3. The van der Waals surface area contributed by atoms with Crippen LogP contribution in [-0.4, -0.2) is 88.3 Å². The molecule has 0 aromatic carbocycles. The maximum Gasteiger partial charge on any atom is 0.323 e. The minimum absolute atomic E-state index is 0.0537. The summed E-state index contributed by atoms with van der Waals surface area (Å²) in [5, 5.41) is 42.0. The van der Waals surface area contributed by atoms with Crippen LogP contribution in [0.5, 0.6) is 0 Å². The van der Waals surface area contributed by atoms with E-state index in [1.807, 2.05) is 0 Å². The third-order valence-electron chi connectivity index (χ3n) is 16.0. The first-order valence-corrected chi connectivity index (χ1v) is 18.4. The molecule has 1 aliphatic heterocycles. The summed E-state index contributed by atoms with van der Waals surface area (Å²) in [6.07, 6.45) is 4.43. The Bertz CT molecular complexity index is 1290. The molecule has 6 aliphatic rings. The highest BCUT2D eigenvalue weighted by molar-refractivity contribution is 5.76. The van der Waals surface area contributed by atoms with Crippen molar-refractivity contribution < 1.29 is 44.3 Å². The Balaban J connectivity index is 1.20. The van der Waals surface area contributed by atoms with Crippen LogP contribution in [-0.2, 0) is 23.9 Å². The molecule has 0 radical (unpaired) electrons. The van der Waals surface area contributed by atoms with Gasteiger partial charge in [-0.1, -0.05) is 46.8 Å². The Morgan fingerprint density at radius 2 is 1.60 bits per heavy atom. The van der Waals surface area contributed by atoms with Crippen LogP contribution in [0.15, 0.2) is 12.2 Å². The fourth-order valence-corrected chi connectivity index (χ4v) is 13.4. The molecule has 1 heterocycles. The molecule has 272 valence electrons. The van der Waals surface area contributed by atoms with Crippen molar-refractivity contribution in [3.05, 3.63) is 12.2 Å². The normalized spacial score (nSPS) is 49.4. The van der Waals surface area contributed by atoms with Gasteiger partial charge in [-0.25, -0.2) is 0 Å². The van der Waals surface area contributed by atoms with Gasteiger partial charge in [0.25, 0.3) is 0 Å². The minimum Gasteiger partial charge on any atom is -0.481 e. The molecule has 1 saturated heterocycles. The molecule has 14 atom stereocenters. The van der Waals surface area contributed by atoms with Gasteiger partial charge in [-0.2, -0.15) is 0 Å². The van der Waals surface area contributed by atoms with E-state index in [0.29, 0.717) is 17.8 Å². The van der Waals surface area contributed by atoms with Crippen LogP contribution in [0, 0.1) is 56.7 Å². The molecule has 5 saturated carbocycles. The molecule has 10 heteroatoms. The molecule has 4 N–H and O–H groups in total. The third-order valence-corrected chi connectivity index (χ3v) is 16.0. The number of carboxylic acid groups (broad SMARTS) is 1. The molecule has 48 heavy (non-hydrogen) atoms. The number of carbonyl (C=O) groups excluding carboxylic acids is 1. The standard InChI is InChI=1S/C38H61NO9/c1-21(2)22-11-16-38(33(44)45)18-17-36(6)23(29(22)38)9-10-26-35(5)14-13-27(34(3,4)25(35)12-15-37(26,36)7)48-28(41)19-39(46-8)32-31(43)30(42)24(20-40)47-32/h22-27,29-32,40,42-43H,1,9-20H2,2-8H3,(H,44,45)/t22-,23+,24-,25-,26+,27-,29+,30+,31-,32?,35-,36+,37+,38-/m0/s1. The zero-order valence-electron chi connectivity index (χ0n) is 30.2. The molecule has 6 fully saturated rings. The molecular weight excluding hydrogens is 614 g/mol. The van der Waals surface area contributed by atoms with Gasteiger partial charge in [0, 0.05) is 5.41 Å². The summed E-state index contributed by atoms with van der Waals surface area (Å²) in [5.41, 5.74) is 0.459. The summed E-state index contributed by atoms with van der Waals surface area (Å²) < 4.78 is 11.8. The lowest BCUT2D eigenvalue weighted by Crippen LogP contribution is -2.67. The predicted molar refractivity (Wildman–Crippen MR) is 178 cm³/mol. The Kier molecular flexibility index (Phi) is 9.28. The van der Waals surface area contributed by atoms with Crippen LogP contribution >= 0.6 is 0 Å². The molecule has 0 amide bonds. The SMILES string of the molecule is C=C(C)[C@@H]1CC[C@]2(C(=O)O)CC[C@]3(C)[C@H](CC[C@@H]4[C@@]5(C)CC[C@H](OC(=O)CN(OC)C6O[C@@H](CO)[C@@H](O)[C@@H]6O)C(C)(C)[C@@H]5CC[C@]43C)[C@@H]12. The van der Waals surface area contributed by atoms with Gasteiger partial charge in [-0.05, 0) is 117 Å². The highest BCUT2D eigenvalue weighted by atomic mass is 16.7. The molecule has 6 rings (SSSR count). The smallest absolute Gasteiger partial charge is 0.323 e. The topological polar surface area (TPSA) is 146 Å². The largest absolute Gasteiger partial charge is 0.481 e. The first-order valence-electron chi connectivity index (χ1n) is 18.4. The number of carbonyl (C=O) groups is 2. The van der Waals surface area contributed by atoms with E-state index in [4.69, 9.17) is 14.3 Å². The van der Waals surface area contributed by atoms with Crippen molar-refractivity contribution in [2.75, 3.05) is 20.3 Å². The molecule has 0 bridgehead atoms. The maximum atomic E-state index is 13.4. The lowest BCUT2D eigenvalue weighted by Gasteiger charge is -2.72. The van der Waals surface area contributed by atoms with Gasteiger partial charge in [-0.3, -0.25) is 14.4 Å². The van der Waals surface area contributed by atoms with Gasteiger partial charge in [-0.15, -0.1) is 5.06 Å². The first kappa shape index (κ1) is 36.2. The van der Waals surface area contributed by atoms with Crippen LogP contribution in [0.25, 0.3) is 0 Å². The molecule has 0 aromatic heterocycles. The van der Waals surface area contributed by atoms with Crippen molar-refractivity contribution >= 4 is 11.9 Å². The minimum atomic E-state index is -1.35. The van der Waals surface area contributed by atoms with Gasteiger partial charge >= 0.3 is 11.9 Å². The zero-order chi connectivity index (χ0) is 35.2. The van der Waals surface area contributed by atoms with Crippen LogP contribution in [0.1, 0.15) is 106 Å². The van der Waals surface area contributed by atoms with Crippen LogP contribution < -0.4 is 0 Å². The van der Waals surface area contributed by atoms with Crippen molar-refractivity contribution in [2.45, 2.75) is 136 Å². The Morgan fingerprint density at radius 1 is 0.896 bits per heavy atom. The van der Waals surface area contributed by atoms with Crippen LogP contribution in [0.4, 0.5) is 0 Å². The number of nitrogens with zero attached hydrogens (tertiary/aromatic N) is 1. The van der Waals surface area contributed by atoms with E-state index >= 15 is 0 Å². The summed E-state index contributed by atoms with van der Waals surface area (Å²) in [7, 11) is 1.37. The predicted octanol–water partition coefficient (Wildman–Crippen LogP) is 4.94.